The third kappa shape index (κ3) is 4.08. The van der Waals surface area contributed by atoms with Gasteiger partial charge in [-0.2, -0.15) is 0 Å². The van der Waals surface area contributed by atoms with Gasteiger partial charge in [-0.3, -0.25) is 0 Å². The van der Waals surface area contributed by atoms with E-state index in [1.54, 1.807) is 6.08 Å². The maximum atomic E-state index is 11.0. The first-order valence-electron chi connectivity index (χ1n) is 4.88. The van der Waals surface area contributed by atoms with Crippen molar-refractivity contribution < 1.29 is 9.53 Å². The molecular weight excluding hydrogens is 166 g/mol. The summed E-state index contributed by atoms with van der Waals surface area (Å²) in [5.41, 5.74) is 0. The lowest BCUT2D eigenvalue weighted by Gasteiger charge is -2.18. The molecule has 1 fully saturated rings. The summed E-state index contributed by atoms with van der Waals surface area (Å²) >= 11 is 0. The predicted octanol–water partition coefficient (Wildman–Crippen LogP) is 1.11. The zero-order chi connectivity index (χ0) is 9.52. The second kappa shape index (κ2) is 5.75. The van der Waals surface area contributed by atoms with Crippen molar-refractivity contribution in [3.63, 3.8) is 0 Å². The average Bonchev–Trinajstić information content (AvgIpc) is 2.17. The van der Waals surface area contributed by atoms with Gasteiger partial charge in [0, 0.05) is 6.08 Å². The molecule has 0 unspecified atom stereocenters. The Morgan fingerprint density at radius 3 is 2.85 bits per heavy atom. The van der Waals surface area contributed by atoms with Gasteiger partial charge in [-0.1, -0.05) is 6.08 Å². The molecule has 0 radical (unpaired) electrons. The third-order valence-electron chi connectivity index (χ3n) is 2.17. The Balaban J connectivity index is 2.24. The molecule has 0 aromatic carbocycles. The Labute approximate surface area is 79.2 Å². The summed E-state index contributed by atoms with van der Waals surface area (Å²) in [5, 5.41) is 3.28. The van der Waals surface area contributed by atoms with Crippen molar-refractivity contribution in [2.75, 3.05) is 19.7 Å². The first-order valence-corrected chi connectivity index (χ1v) is 4.88. The Morgan fingerprint density at radius 2 is 2.23 bits per heavy atom. The highest BCUT2D eigenvalue weighted by molar-refractivity contribution is 5.81. The Hall–Kier alpha value is -0.830. The molecule has 0 bridgehead atoms. The van der Waals surface area contributed by atoms with Gasteiger partial charge in [-0.25, -0.2) is 4.79 Å². The molecule has 1 aliphatic heterocycles. The van der Waals surface area contributed by atoms with Crippen molar-refractivity contribution in [3.8, 4) is 0 Å². The Kier molecular flexibility index (Phi) is 4.54. The quantitative estimate of drug-likeness (QED) is 0.526. The van der Waals surface area contributed by atoms with E-state index in [4.69, 9.17) is 4.74 Å². The zero-order valence-corrected chi connectivity index (χ0v) is 8.08. The van der Waals surface area contributed by atoms with Crippen LogP contribution in [-0.2, 0) is 9.53 Å². The van der Waals surface area contributed by atoms with Crippen molar-refractivity contribution in [3.05, 3.63) is 12.2 Å². The number of nitrogens with one attached hydrogen (secondary N) is 1. The molecule has 74 valence electrons. The molecule has 0 amide bonds. The number of hydrogen-bond acceptors (Lipinski definition) is 3. The summed E-state index contributed by atoms with van der Waals surface area (Å²) in [7, 11) is 0. The van der Waals surface area contributed by atoms with Crippen LogP contribution in [0.4, 0.5) is 0 Å². The molecule has 0 atom stereocenters. The van der Waals surface area contributed by atoms with Crippen LogP contribution in [0.2, 0.25) is 0 Å². The molecule has 1 aliphatic rings. The summed E-state index contributed by atoms with van der Waals surface area (Å²) in [5.74, 6) is 0.326. The van der Waals surface area contributed by atoms with Crippen molar-refractivity contribution >= 4 is 5.97 Å². The molecule has 0 aliphatic carbocycles. The minimum absolute atomic E-state index is 0.221. The lowest BCUT2D eigenvalue weighted by molar-refractivity contribution is -0.137. The Bertz CT molecular complexity index is 183. The van der Waals surface area contributed by atoms with Gasteiger partial charge in [0.15, 0.2) is 0 Å². The number of allylic oxidation sites excluding steroid dienone is 1. The number of piperidine rings is 1. The summed E-state index contributed by atoms with van der Waals surface area (Å²) in [6, 6.07) is 0. The minimum Gasteiger partial charge on any atom is -0.463 e. The van der Waals surface area contributed by atoms with Crippen molar-refractivity contribution in [2.45, 2.75) is 19.8 Å². The monoisotopic (exact) mass is 183 g/mol. The van der Waals surface area contributed by atoms with Crippen LogP contribution in [0.5, 0.6) is 0 Å². The fraction of sp³-hybridized carbons (Fsp3) is 0.700. The molecular formula is C10H17NO2. The Morgan fingerprint density at radius 1 is 1.54 bits per heavy atom. The fourth-order valence-corrected chi connectivity index (χ4v) is 1.44. The van der Waals surface area contributed by atoms with Gasteiger partial charge in [-0.05, 0) is 38.8 Å². The summed E-state index contributed by atoms with van der Waals surface area (Å²) < 4.78 is 4.79. The first-order chi connectivity index (χ1) is 6.33. The van der Waals surface area contributed by atoms with E-state index >= 15 is 0 Å². The maximum Gasteiger partial charge on any atom is 0.330 e. The zero-order valence-electron chi connectivity index (χ0n) is 8.08. The molecule has 0 aromatic rings. The fourth-order valence-electron chi connectivity index (χ4n) is 1.44. The van der Waals surface area contributed by atoms with E-state index in [-0.39, 0.29) is 5.97 Å². The van der Waals surface area contributed by atoms with E-state index in [0.29, 0.717) is 12.5 Å². The van der Waals surface area contributed by atoms with Gasteiger partial charge < -0.3 is 10.1 Å². The van der Waals surface area contributed by atoms with Crippen LogP contribution in [0.15, 0.2) is 12.2 Å². The molecule has 1 rings (SSSR count). The van der Waals surface area contributed by atoms with Crippen LogP contribution < -0.4 is 5.32 Å². The van der Waals surface area contributed by atoms with Crippen LogP contribution in [0.25, 0.3) is 0 Å². The van der Waals surface area contributed by atoms with E-state index < -0.39 is 0 Å². The predicted molar refractivity (Wildman–Crippen MR) is 51.4 cm³/mol. The molecule has 1 N–H and O–H groups in total. The van der Waals surface area contributed by atoms with E-state index in [1.807, 2.05) is 13.0 Å². The van der Waals surface area contributed by atoms with Gasteiger partial charge in [-0.15, -0.1) is 0 Å². The SMILES string of the molecule is CCOC(=O)/C=C/C1CCNCC1. The van der Waals surface area contributed by atoms with Crippen molar-refractivity contribution in [2.24, 2.45) is 5.92 Å². The van der Waals surface area contributed by atoms with E-state index in [2.05, 4.69) is 5.32 Å². The van der Waals surface area contributed by atoms with Gasteiger partial charge in [0.05, 0.1) is 6.61 Å². The largest absolute Gasteiger partial charge is 0.463 e. The third-order valence-corrected chi connectivity index (χ3v) is 2.17. The number of carbonyl (C=O) groups excluding carboxylic acids is 1. The van der Waals surface area contributed by atoms with Crippen molar-refractivity contribution in [1.29, 1.82) is 0 Å². The second-order valence-corrected chi connectivity index (χ2v) is 3.20. The maximum absolute atomic E-state index is 11.0. The van der Waals surface area contributed by atoms with Crippen LogP contribution in [0, 0.1) is 5.92 Å². The lowest BCUT2D eigenvalue weighted by Crippen LogP contribution is -2.26. The molecule has 0 saturated carbocycles. The van der Waals surface area contributed by atoms with Crippen LogP contribution >= 0.6 is 0 Å². The topological polar surface area (TPSA) is 38.3 Å². The summed E-state index contributed by atoms with van der Waals surface area (Å²) in [6.45, 7) is 4.38. The second-order valence-electron chi connectivity index (χ2n) is 3.20. The highest BCUT2D eigenvalue weighted by Gasteiger charge is 2.09. The average molecular weight is 183 g/mol. The number of esters is 1. The molecule has 1 heterocycles. The number of carbonyl (C=O) groups is 1. The standard InChI is InChI=1S/C10H17NO2/c1-2-13-10(12)4-3-9-5-7-11-8-6-9/h3-4,9,11H,2,5-8H2,1H3/b4-3+. The van der Waals surface area contributed by atoms with Crippen LogP contribution in [-0.4, -0.2) is 25.7 Å². The normalized spacial score (nSPS) is 19.2. The van der Waals surface area contributed by atoms with E-state index in [9.17, 15) is 4.79 Å². The van der Waals surface area contributed by atoms with Gasteiger partial charge in [0.2, 0.25) is 0 Å². The van der Waals surface area contributed by atoms with E-state index in [1.165, 1.54) is 0 Å². The van der Waals surface area contributed by atoms with Gasteiger partial charge >= 0.3 is 5.97 Å². The first kappa shape index (κ1) is 10.3. The van der Waals surface area contributed by atoms with Crippen LogP contribution in [0.1, 0.15) is 19.8 Å². The molecule has 0 aromatic heterocycles. The highest BCUT2D eigenvalue weighted by Crippen LogP contribution is 2.12. The molecule has 3 heteroatoms. The highest BCUT2D eigenvalue weighted by atomic mass is 16.5. The van der Waals surface area contributed by atoms with Crippen molar-refractivity contribution in [1.82, 2.24) is 5.32 Å². The smallest absolute Gasteiger partial charge is 0.330 e. The van der Waals surface area contributed by atoms with E-state index in [0.717, 1.165) is 25.9 Å². The lowest BCUT2D eigenvalue weighted by atomic mass is 9.98. The van der Waals surface area contributed by atoms with Gasteiger partial charge in [0.25, 0.3) is 0 Å². The number of ether oxygens (including phenoxy) is 1. The molecule has 13 heavy (non-hydrogen) atoms. The number of rotatable bonds is 3. The number of hydrogen-bond donors (Lipinski definition) is 1. The minimum atomic E-state index is -0.221. The molecule has 3 nitrogen and oxygen atoms in total. The van der Waals surface area contributed by atoms with Crippen LogP contribution in [0.3, 0.4) is 0 Å². The molecule has 0 spiro atoms. The summed E-state index contributed by atoms with van der Waals surface area (Å²) in [6.07, 6.45) is 5.77. The molecule has 1 saturated heterocycles. The summed E-state index contributed by atoms with van der Waals surface area (Å²) in [4.78, 5) is 11.0. The van der Waals surface area contributed by atoms with Gasteiger partial charge in [0.1, 0.15) is 0 Å².